The van der Waals surface area contributed by atoms with Crippen molar-refractivity contribution in [2.24, 2.45) is 5.84 Å². The van der Waals surface area contributed by atoms with Crippen LogP contribution in [0.15, 0.2) is 18.2 Å². The highest BCUT2D eigenvalue weighted by atomic mass is 16.2. The molecule has 2 rings (SSSR count). The van der Waals surface area contributed by atoms with Crippen molar-refractivity contribution in [1.29, 1.82) is 0 Å². The van der Waals surface area contributed by atoms with Crippen molar-refractivity contribution in [3.05, 3.63) is 29.3 Å². The number of hydrazine groups is 1. The fraction of sp³-hybridized carbons (Fsp3) is 0.429. The van der Waals surface area contributed by atoms with Crippen LogP contribution in [0.5, 0.6) is 0 Å². The van der Waals surface area contributed by atoms with Crippen LogP contribution in [0.1, 0.15) is 30.4 Å². The molecule has 5 nitrogen and oxygen atoms in total. The first-order valence-electron chi connectivity index (χ1n) is 6.49. The van der Waals surface area contributed by atoms with Crippen LogP contribution in [0.2, 0.25) is 0 Å². The maximum absolute atomic E-state index is 11.6. The van der Waals surface area contributed by atoms with Crippen LogP contribution in [0, 0.1) is 0 Å². The van der Waals surface area contributed by atoms with Gasteiger partial charge in [0.2, 0.25) is 11.8 Å². The Morgan fingerprint density at radius 3 is 2.95 bits per heavy atom. The maximum atomic E-state index is 11.6. The monoisotopic (exact) mass is 261 g/mol. The van der Waals surface area contributed by atoms with E-state index in [0.29, 0.717) is 12.8 Å². The number of carbonyl (C=O) groups is 2. The first-order valence-corrected chi connectivity index (χ1v) is 6.49. The molecule has 0 aromatic heterocycles. The molecule has 1 aromatic rings. The normalized spacial score (nSPS) is 13.6. The van der Waals surface area contributed by atoms with E-state index < -0.39 is 0 Å². The lowest BCUT2D eigenvalue weighted by Crippen LogP contribution is -2.29. The number of rotatable bonds is 5. The Morgan fingerprint density at radius 2 is 2.21 bits per heavy atom. The minimum atomic E-state index is -0.124. The molecule has 19 heavy (non-hydrogen) atoms. The Morgan fingerprint density at radius 1 is 1.42 bits per heavy atom. The van der Waals surface area contributed by atoms with E-state index in [1.807, 2.05) is 6.07 Å². The van der Waals surface area contributed by atoms with E-state index in [1.165, 1.54) is 5.56 Å². The molecule has 2 amide bonds. The first-order chi connectivity index (χ1) is 9.11. The number of nitrogens with two attached hydrogens (primary N) is 1. The Balaban J connectivity index is 1.88. The van der Waals surface area contributed by atoms with Crippen molar-refractivity contribution in [3.63, 3.8) is 0 Å². The molecule has 1 heterocycles. The number of hydrogen-bond acceptors (Lipinski definition) is 3. The smallest absolute Gasteiger partial charge is 0.233 e. The van der Waals surface area contributed by atoms with Crippen molar-refractivity contribution in [3.8, 4) is 0 Å². The molecule has 0 aliphatic carbocycles. The van der Waals surface area contributed by atoms with E-state index in [2.05, 4.69) is 17.6 Å². The number of fused-ring (bicyclic) bond motifs is 1. The molecule has 1 aliphatic rings. The molecule has 0 saturated carbocycles. The number of carbonyl (C=O) groups excluding carboxylic acids is 2. The van der Waals surface area contributed by atoms with Crippen LogP contribution in [0.3, 0.4) is 0 Å². The summed E-state index contributed by atoms with van der Waals surface area (Å²) in [6, 6.07) is 6.15. The Hall–Kier alpha value is -1.88. The SMILES string of the molecule is CN1C(=O)Cc2cc(CCCCC(=O)NN)ccc21. The van der Waals surface area contributed by atoms with E-state index >= 15 is 0 Å². The lowest BCUT2D eigenvalue weighted by atomic mass is 10.0. The lowest BCUT2D eigenvalue weighted by molar-refractivity contribution is -0.121. The van der Waals surface area contributed by atoms with Gasteiger partial charge < -0.3 is 4.90 Å². The molecule has 5 heteroatoms. The largest absolute Gasteiger partial charge is 0.315 e. The minimum Gasteiger partial charge on any atom is -0.315 e. The quantitative estimate of drug-likeness (QED) is 0.358. The molecule has 102 valence electrons. The third kappa shape index (κ3) is 3.12. The molecule has 0 atom stereocenters. The van der Waals surface area contributed by atoms with Gasteiger partial charge in [-0.2, -0.15) is 0 Å². The van der Waals surface area contributed by atoms with Gasteiger partial charge in [-0.25, -0.2) is 5.84 Å². The molecule has 0 spiro atoms. The van der Waals surface area contributed by atoms with Gasteiger partial charge in [-0.1, -0.05) is 12.1 Å². The van der Waals surface area contributed by atoms with Gasteiger partial charge in [-0.05, 0) is 36.5 Å². The Kier molecular flexibility index (Phi) is 4.16. The van der Waals surface area contributed by atoms with E-state index in [9.17, 15) is 9.59 Å². The number of amides is 2. The second kappa shape index (κ2) is 5.84. The molecule has 3 N–H and O–H groups in total. The molecule has 1 aromatic carbocycles. The summed E-state index contributed by atoms with van der Waals surface area (Å²) in [6.07, 6.45) is 3.63. The molecular weight excluding hydrogens is 242 g/mol. The lowest BCUT2D eigenvalue weighted by Gasteiger charge is -2.10. The highest BCUT2D eigenvalue weighted by Gasteiger charge is 2.23. The number of unbranched alkanes of at least 4 members (excludes halogenated alkanes) is 1. The molecule has 0 fully saturated rings. The summed E-state index contributed by atoms with van der Waals surface area (Å²) in [5, 5.41) is 0. The summed E-state index contributed by atoms with van der Waals surface area (Å²) in [7, 11) is 1.80. The van der Waals surface area contributed by atoms with Crippen molar-refractivity contribution in [1.82, 2.24) is 5.43 Å². The van der Waals surface area contributed by atoms with Crippen LogP contribution in [-0.4, -0.2) is 18.9 Å². The molecule has 0 radical (unpaired) electrons. The Labute approximate surface area is 112 Å². The van der Waals surface area contributed by atoms with Gasteiger partial charge in [0.05, 0.1) is 6.42 Å². The van der Waals surface area contributed by atoms with Crippen LogP contribution in [0.25, 0.3) is 0 Å². The van der Waals surface area contributed by atoms with E-state index in [4.69, 9.17) is 5.84 Å². The number of hydrogen-bond donors (Lipinski definition) is 2. The third-order valence-electron chi connectivity index (χ3n) is 3.50. The van der Waals surface area contributed by atoms with Crippen molar-refractivity contribution >= 4 is 17.5 Å². The number of nitrogens with one attached hydrogen (secondary N) is 1. The maximum Gasteiger partial charge on any atom is 0.233 e. The zero-order valence-corrected chi connectivity index (χ0v) is 11.1. The van der Waals surface area contributed by atoms with Gasteiger partial charge in [0.15, 0.2) is 0 Å². The molecular formula is C14H19N3O2. The molecule has 1 aliphatic heterocycles. The van der Waals surface area contributed by atoms with Gasteiger partial charge in [0.1, 0.15) is 0 Å². The molecule has 0 saturated heterocycles. The standard InChI is InChI=1S/C14H19N3O2/c1-17-12-7-6-10(8-11(12)9-14(17)19)4-2-3-5-13(18)16-15/h6-8H,2-5,9,15H2,1H3,(H,16,18). The fourth-order valence-corrected chi connectivity index (χ4v) is 2.37. The highest BCUT2D eigenvalue weighted by molar-refractivity contribution is 6.00. The van der Waals surface area contributed by atoms with Crippen molar-refractivity contribution in [2.45, 2.75) is 32.1 Å². The van der Waals surface area contributed by atoms with Gasteiger partial charge in [0, 0.05) is 19.2 Å². The van der Waals surface area contributed by atoms with E-state index in [0.717, 1.165) is 30.5 Å². The van der Waals surface area contributed by atoms with E-state index in [1.54, 1.807) is 11.9 Å². The predicted octanol–water partition coefficient (Wildman–Crippen LogP) is 0.908. The number of benzene rings is 1. The zero-order valence-electron chi connectivity index (χ0n) is 11.1. The first kappa shape index (κ1) is 13.5. The minimum absolute atomic E-state index is 0.124. The number of anilines is 1. The third-order valence-corrected chi connectivity index (χ3v) is 3.50. The fourth-order valence-electron chi connectivity index (χ4n) is 2.37. The van der Waals surface area contributed by atoms with Gasteiger partial charge in [-0.3, -0.25) is 15.0 Å². The summed E-state index contributed by atoms with van der Waals surface area (Å²) >= 11 is 0. The van der Waals surface area contributed by atoms with Gasteiger partial charge in [0.25, 0.3) is 0 Å². The zero-order chi connectivity index (χ0) is 13.8. The van der Waals surface area contributed by atoms with Crippen molar-refractivity contribution in [2.75, 3.05) is 11.9 Å². The summed E-state index contributed by atoms with van der Waals surface area (Å²) in [6.45, 7) is 0. The topological polar surface area (TPSA) is 75.4 Å². The van der Waals surface area contributed by atoms with Crippen LogP contribution >= 0.6 is 0 Å². The van der Waals surface area contributed by atoms with Crippen LogP contribution in [-0.2, 0) is 22.4 Å². The Bertz CT molecular complexity index is 499. The number of likely N-dealkylation sites (N-methyl/N-ethyl adjacent to an activating group) is 1. The molecule has 0 bridgehead atoms. The average Bonchev–Trinajstić information content (AvgIpc) is 2.69. The van der Waals surface area contributed by atoms with Gasteiger partial charge >= 0.3 is 0 Å². The predicted molar refractivity (Wildman–Crippen MR) is 73.4 cm³/mol. The van der Waals surface area contributed by atoms with Crippen LogP contribution < -0.4 is 16.2 Å². The second-order valence-electron chi connectivity index (χ2n) is 4.87. The van der Waals surface area contributed by atoms with Crippen molar-refractivity contribution < 1.29 is 9.59 Å². The molecule has 0 unspecified atom stereocenters. The summed E-state index contributed by atoms with van der Waals surface area (Å²) in [5.41, 5.74) is 5.45. The van der Waals surface area contributed by atoms with Crippen LogP contribution in [0.4, 0.5) is 5.69 Å². The van der Waals surface area contributed by atoms with E-state index in [-0.39, 0.29) is 11.8 Å². The van der Waals surface area contributed by atoms with Gasteiger partial charge in [-0.15, -0.1) is 0 Å². The second-order valence-corrected chi connectivity index (χ2v) is 4.87. The summed E-state index contributed by atoms with van der Waals surface area (Å²) < 4.78 is 0. The number of nitrogens with zero attached hydrogens (tertiary/aromatic N) is 1. The highest BCUT2D eigenvalue weighted by Crippen LogP contribution is 2.28. The summed E-state index contributed by atoms with van der Waals surface area (Å²) in [4.78, 5) is 24.2. The number of aryl methyl sites for hydroxylation is 1. The average molecular weight is 261 g/mol. The summed E-state index contributed by atoms with van der Waals surface area (Å²) in [5.74, 6) is 5.04.